The molecule has 0 bridgehead atoms. The molecule has 0 aliphatic carbocycles. The predicted molar refractivity (Wildman–Crippen MR) is 48.0 cm³/mol. The Morgan fingerprint density at radius 3 is 2.00 bits per heavy atom. The van der Waals surface area contributed by atoms with Crippen molar-refractivity contribution >= 4 is 0 Å². The van der Waals surface area contributed by atoms with Crippen LogP contribution in [0.3, 0.4) is 0 Å². The van der Waals surface area contributed by atoms with E-state index in [4.69, 9.17) is 0 Å². The minimum absolute atomic E-state index is 0.789. The van der Waals surface area contributed by atoms with Crippen molar-refractivity contribution < 1.29 is 0 Å². The Bertz CT molecular complexity index is 92.2. The van der Waals surface area contributed by atoms with Crippen LogP contribution in [0.4, 0.5) is 0 Å². The fourth-order valence-corrected chi connectivity index (χ4v) is 1.13. The van der Waals surface area contributed by atoms with Gasteiger partial charge in [0.25, 0.3) is 0 Å². The smallest absolute Gasteiger partial charge is 0.0325 e. The van der Waals surface area contributed by atoms with Crippen LogP contribution in [0.5, 0.6) is 0 Å². The van der Waals surface area contributed by atoms with E-state index in [1.807, 2.05) is 6.08 Å². The first-order valence-corrected chi connectivity index (χ1v) is 4.20. The van der Waals surface area contributed by atoms with Gasteiger partial charge in [0.1, 0.15) is 0 Å². The van der Waals surface area contributed by atoms with Gasteiger partial charge in [-0.05, 0) is 24.2 Å². The topological polar surface area (TPSA) is 0 Å². The molecule has 0 heterocycles. The highest BCUT2D eigenvalue weighted by molar-refractivity contribution is 4.74. The summed E-state index contributed by atoms with van der Waals surface area (Å²) in [5, 5.41) is 0. The average molecular weight is 140 g/mol. The molecule has 0 aliphatic heterocycles. The zero-order valence-corrected chi connectivity index (χ0v) is 7.72. The van der Waals surface area contributed by atoms with Crippen molar-refractivity contribution in [1.29, 1.82) is 0 Å². The molecule has 0 radical (unpaired) electrons. The lowest BCUT2D eigenvalue weighted by Gasteiger charge is -2.21. The Morgan fingerprint density at radius 2 is 1.70 bits per heavy atom. The molecule has 0 rings (SSSR count). The first-order valence-electron chi connectivity index (χ1n) is 4.20. The Labute approximate surface area is 65.3 Å². The molecule has 0 saturated carbocycles. The molecule has 0 aromatic heterocycles. The standard InChI is InChI=1S/C10H20/c1-6-7-9(4)10(5)8(2)3/h6,8-10H,1,7H2,2-5H3. The van der Waals surface area contributed by atoms with Gasteiger partial charge in [-0.2, -0.15) is 0 Å². The van der Waals surface area contributed by atoms with Gasteiger partial charge < -0.3 is 0 Å². The van der Waals surface area contributed by atoms with E-state index < -0.39 is 0 Å². The van der Waals surface area contributed by atoms with Crippen LogP contribution in [0.15, 0.2) is 12.7 Å². The van der Waals surface area contributed by atoms with E-state index >= 15 is 0 Å². The van der Waals surface area contributed by atoms with Crippen molar-refractivity contribution in [2.75, 3.05) is 0 Å². The Hall–Kier alpha value is -0.260. The minimum Gasteiger partial charge on any atom is -0.103 e. The van der Waals surface area contributed by atoms with E-state index in [2.05, 4.69) is 34.3 Å². The maximum atomic E-state index is 3.74. The van der Waals surface area contributed by atoms with Crippen LogP contribution in [0, 0.1) is 17.8 Å². The summed E-state index contributed by atoms with van der Waals surface area (Å²) in [5.41, 5.74) is 0. The second-order valence-electron chi connectivity index (χ2n) is 3.60. The molecule has 10 heavy (non-hydrogen) atoms. The van der Waals surface area contributed by atoms with E-state index in [1.54, 1.807) is 0 Å². The lowest BCUT2D eigenvalue weighted by molar-refractivity contribution is 0.298. The van der Waals surface area contributed by atoms with Crippen molar-refractivity contribution in [3.8, 4) is 0 Å². The lowest BCUT2D eigenvalue weighted by atomic mass is 9.84. The average Bonchev–Trinajstić information content (AvgIpc) is 1.87. The molecule has 0 fully saturated rings. The second kappa shape index (κ2) is 4.54. The van der Waals surface area contributed by atoms with Gasteiger partial charge in [-0.1, -0.05) is 33.8 Å². The summed E-state index contributed by atoms with van der Waals surface area (Å²) in [6.45, 7) is 12.9. The molecule has 2 atom stereocenters. The summed E-state index contributed by atoms with van der Waals surface area (Å²) >= 11 is 0. The van der Waals surface area contributed by atoms with Gasteiger partial charge in [-0.3, -0.25) is 0 Å². The SMILES string of the molecule is C=CCC(C)C(C)C(C)C. The van der Waals surface area contributed by atoms with E-state index in [-0.39, 0.29) is 0 Å². The normalized spacial score (nSPS) is 16.9. The first-order chi connectivity index (χ1) is 4.59. The number of rotatable bonds is 4. The van der Waals surface area contributed by atoms with E-state index in [9.17, 15) is 0 Å². The van der Waals surface area contributed by atoms with Crippen LogP contribution in [-0.4, -0.2) is 0 Å². The van der Waals surface area contributed by atoms with Gasteiger partial charge in [0.15, 0.2) is 0 Å². The highest BCUT2D eigenvalue weighted by atomic mass is 14.2. The molecular weight excluding hydrogens is 120 g/mol. The Balaban J connectivity index is 3.68. The highest BCUT2D eigenvalue weighted by Gasteiger charge is 2.13. The summed E-state index contributed by atoms with van der Waals surface area (Å²) in [7, 11) is 0. The number of hydrogen-bond donors (Lipinski definition) is 0. The van der Waals surface area contributed by atoms with Gasteiger partial charge >= 0.3 is 0 Å². The van der Waals surface area contributed by atoms with Gasteiger partial charge in [-0.25, -0.2) is 0 Å². The van der Waals surface area contributed by atoms with Gasteiger partial charge in [0, 0.05) is 0 Å². The maximum absolute atomic E-state index is 3.74. The quantitative estimate of drug-likeness (QED) is 0.524. The fraction of sp³-hybridized carbons (Fsp3) is 0.800. The Kier molecular flexibility index (Phi) is 4.42. The molecule has 0 amide bonds. The minimum atomic E-state index is 0.789. The summed E-state index contributed by atoms with van der Waals surface area (Å²) in [4.78, 5) is 0. The Morgan fingerprint density at radius 1 is 1.20 bits per heavy atom. The van der Waals surface area contributed by atoms with E-state index in [0.29, 0.717) is 0 Å². The van der Waals surface area contributed by atoms with Crippen molar-refractivity contribution in [3.05, 3.63) is 12.7 Å². The van der Waals surface area contributed by atoms with Crippen molar-refractivity contribution in [3.63, 3.8) is 0 Å². The maximum Gasteiger partial charge on any atom is -0.0325 e. The van der Waals surface area contributed by atoms with Crippen molar-refractivity contribution in [2.24, 2.45) is 17.8 Å². The van der Waals surface area contributed by atoms with Crippen LogP contribution in [0.1, 0.15) is 34.1 Å². The monoisotopic (exact) mass is 140 g/mol. The fourth-order valence-electron chi connectivity index (χ4n) is 1.13. The molecule has 60 valence electrons. The molecule has 0 aromatic carbocycles. The van der Waals surface area contributed by atoms with Crippen LogP contribution in [0.2, 0.25) is 0 Å². The third kappa shape index (κ3) is 3.05. The molecule has 0 N–H and O–H groups in total. The van der Waals surface area contributed by atoms with E-state index in [0.717, 1.165) is 24.2 Å². The second-order valence-corrected chi connectivity index (χ2v) is 3.60. The van der Waals surface area contributed by atoms with Crippen molar-refractivity contribution in [1.82, 2.24) is 0 Å². The van der Waals surface area contributed by atoms with Crippen LogP contribution in [-0.2, 0) is 0 Å². The molecule has 0 nitrogen and oxygen atoms in total. The van der Waals surface area contributed by atoms with Gasteiger partial charge in [0.2, 0.25) is 0 Å². The van der Waals surface area contributed by atoms with Crippen LogP contribution >= 0.6 is 0 Å². The zero-order chi connectivity index (χ0) is 8.15. The highest BCUT2D eigenvalue weighted by Crippen LogP contribution is 2.22. The third-order valence-corrected chi connectivity index (χ3v) is 2.49. The molecule has 2 unspecified atom stereocenters. The molecule has 0 aromatic rings. The summed E-state index contributed by atoms with van der Waals surface area (Å²) in [5.74, 6) is 2.41. The third-order valence-electron chi connectivity index (χ3n) is 2.49. The molecule has 0 aliphatic rings. The van der Waals surface area contributed by atoms with Crippen LogP contribution in [0.25, 0.3) is 0 Å². The molecule has 0 heteroatoms. The van der Waals surface area contributed by atoms with E-state index in [1.165, 1.54) is 0 Å². The lowest BCUT2D eigenvalue weighted by Crippen LogP contribution is -2.13. The predicted octanol–water partition coefficient (Wildman–Crippen LogP) is 3.49. The molecule has 0 saturated heterocycles. The summed E-state index contributed by atoms with van der Waals surface area (Å²) < 4.78 is 0. The number of allylic oxidation sites excluding steroid dienone is 1. The van der Waals surface area contributed by atoms with Gasteiger partial charge in [0.05, 0.1) is 0 Å². The first kappa shape index (κ1) is 9.74. The summed E-state index contributed by atoms with van der Waals surface area (Å²) in [6.07, 6.45) is 3.17. The largest absolute Gasteiger partial charge is 0.103 e. The van der Waals surface area contributed by atoms with Crippen molar-refractivity contribution in [2.45, 2.75) is 34.1 Å². The van der Waals surface area contributed by atoms with Gasteiger partial charge in [-0.15, -0.1) is 6.58 Å². The number of hydrogen-bond acceptors (Lipinski definition) is 0. The zero-order valence-electron chi connectivity index (χ0n) is 7.72. The summed E-state index contributed by atoms with van der Waals surface area (Å²) in [6, 6.07) is 0. The van der Waals surface area contributed by atoms with Crippen LogP contribution < -0.4 is 0 Å². The molecular formula is C10H20. The molecule has 0 spiro atoms.